The summed E-state index contributed by atoms with van der Waals surface area (Å²) in [6.07, 6.45) is 6.31. The molecule has 4 nitrogen and oxygen atoms in total. The summed E-state index contributed by atoms with van der Waals surface area (Å²) in [5, 5.41) is 3.24. The molecule has 88 valence electrons. The van der Waals surface area contributed by atoms with Crippen molar-refractivity contribution in [3.8, 4) is 11.4 Å². The van der Waals surface area contributed by atoms with E-state index in [1.54, 1.807) is 18.6 Å². The van der Waals surface area contributed by atoms with Gasteiger partial charge in [0.05, 0.1) is 0 Å². The molecule has 0 aliphatic heterocycles. The van der Waals surface area contributed by atoms with Gasteiger partial charge in [-0.05, 0) is 34.5 Å². The van der Waals surface area contributed by atoms with Gasteiger partial charge in [-0.3, -0.25) is 4.98 Å². The van der Waals surface area contributed by atoms with E-state index in [2.05, 4.69) is 43.1 Å². The maximum absolute atomic E-state index is 4.44. The van der Waals surface area contributed by atoms with Crippen LogP contribution in [0.4, 0.5) is 5.82 Å². The van der Waals surface area contributed by atoms with Gasteiger partial charge in [0, 0.05) is 35.2 Å². The van der Waals surface area contributed by atoms with Crippen LogP contribution in [0.15, 0.2) is 35.2 Å². The molecule has 0 unspecified atom stereocenters. The lowest BCUT2D eigenvalue weighted by Crippen LogP contribution is -2.03. The van der Waals surface area contributed by atoms with Crippen molar-refractivity contribution in [2.45, 2.75) is 13.3 Å². The third-order valence-corrected chi connectivity index (χ3v) is 2.61. The molecule has 5 heteroatoms. The summed E-state index contributed by atoms with van der Waals surface area (Å²) in [6.45, 7) is 3.03. The van der Waals surface area contributed by atoms with Gasteiger partial charge in [0.2, 0.25) is 0 Å². The molecule has 0 amide bonds. The van der Waals surface area contributed by atoms with Crippen LogP contribution in [-0.2, 0) is 0 Å². The first-order chi connectivity index (χ1) is 8.29. The number of hydrogen-bond acceptors (Lipinski definition) is 4. The lowest BCUT2D eigenvalue weighted by molar-refractivity contribution is 0.965. The second kappa shape index (κ2) is 5.72. The number of anilines is 1. The summed E-state index contributed by atoms with van der Waals surface area (Å²) in [6, 6.07) is 3.82. The molecule has 17 heavy (non-hydrogen) atoms. The molecule has 2 aromatic rings. The zero-order chi connectivity index (χ0) is 12.1. The Balaban J connectivity index is 2.26. The molecule has 1 N–H and O–H groups in total. The van der Waals surface area contributed by atoms with Crippen LogP contribution >= 0.6 is 15.9 Å². The minimum atomic E-state index is 0.680. The SMILES string of the molecule is CCCNc1ccnc(-c2cncc(Br)c2)n1. The van der Waals surface area contributed by atoms with E-state index in [9.17, 15) is 0 Å². The maximum atomic E-state index is 4.44. The maximum Gasteiger partial charge on any atom is 0.163 e. The predicted octanol–water partition coefficient (Wildman–Crippen LogP) is 3.12. The van der Waals surface area contributed by atoms with E-state index in [0.717, 1.165) is 28.8 Å². The van der Waals surface area contributed by atoms with Crippen LogP contribution in [-0.4, -0.2) is 21.5 Å². The second-order valence-corrected chi connectivity index (χ2v) is 4.50. The summed E-state index contributed by atoms with van der Waals surface area (Å²) in [5.41, 5.74) is 0.902. The largest absolute Gasteiger partial charge is 0.370 e. The summed E-state index contributed by atoms with van der Waals surface area (Å²) in [4.78, 5) is 12.8. The molecule has 0 saturated heterocycles. The lowest BCUT2D eigenvalue weighted by Gasteiger charge is -2.05. The third kappa shape index (κ3) is 3.23. The van der Waals surface area contributed by atoms with Crippen LogP contribution in [0.1, 0.15) is 13.3 Å². The van der Waals surface area contributed by atoms with Gasteiger partial charge in [-0.15, -0.1) is 0 Å². The molecule has 0 fully saturated rings. The van der Waals surface area contributed by atoms with E-state index in [-0.39, 0.29) is 0 Å². The number of hydrogen-bond donors (Lipinski definition) is 1. The normalized spacial score (nSPS) is 10.2. The summed E-state index contributed by atoms with van der Waals surface area (Å²) >= 11 is 3.39. The molecular weight excluding hydrogens is 280 g/mol. The van der Waals surface area contributed by atoms with Gasteiger partial charge < -0.3 is 5.32 Å². The Hall–Kier alpha value is -1.49. The Morgan fingerprint density at radius 2 is 2.24 bits per heavy atom. The van der Waals surface area contributed by atoms with Crippen LogP contribution in [0.3, 0.4) is 0 Å². The molecular formula is C12H13BrN4. The van der Waals surface area contributed by atoms with Crippen molar-refractivity contribution < 1.29 is 0 Å². The molecule has 0 atom stereocenters. The van der Waals surface area contributed by atoms with Crippen LogP contribution in [0.25, 0.3) is 11.4 Å². The summed E-state index contributed by atoms with van der Waals surface area (Å²) < 4.78 is 0.922. The monoisotopic (exact) mass is 292 g/mol. The molecule has 0 aliphatic rings. The molecule has 0 radical (unpaired) electrons. The average Bonchev–Trinajstić information content (AvgIpc) is 2.37. The Labute approximate surface area is 109 Å². The topological polar surface area (TPSA) is 50.7 Å². The first-order valence-corrected chi connectivity index (χ1v) is 6.26. The van der Waals surface area contributed by atoms with Crippen molar-refractivity contribution >= 4 is 21.7 Å². The molecule has 0 aromatic carbocycles. The van der Waals surface area contributed by atoms with Crippen molar-refractivity contribution in [2.24, 2.45) is 0 Å². The number of aromatic nitrogens is 3. The van der Waals surface area contributed by atoms with Crippen molar-refractivity contribution in [3.05, 3.63) is 35.2 Å². The van der Waals surface area contributed by atoms with Crippen molar-refractivity contribution in [1.29, 1.82) is 0 Å². The number of nitrogens with one attached hydrogen (secondary N) is 1. The molecule has 0 saturated carbocycles. The van der Waals surface area contributed by atoms with Gasteiger partial charge in [0.25, 0.3) is 0 Å². The van der Waals surface area contributed by atoms with Crippen LogP contribution in [0, 0.1) is 0 Å². The van der Waals surface area contributed by atoms with E-state index in [4.69, 9.17) is 0 Å². The summed E-state index contributed by atoms with van der Waals surface area (Å²) in [7, 11) is 0. The van der Waals surface area contributed by atoms with Gasteiger partial charge in [0.1, 0.15) is 5.82 Å². The Bertz CT molecular complexity index is 501. The van der Waals surface area contributed by atoms with Crippen molar-refractivity contribution in [2.75, 3.05) is 11.9 Å². The van der Waals surface area contributed by atoms with E-state index in [1.807, 2.05) is 12.1 Å². The fraction of sp³-hybridized carbons (Fsp3) is 0.250. The molecule has 0 spiro atoms. The number of nitrogens with zero attached hydrogens (tertiary/aromatic N) is 3. The summed E-state index contributed by atoms with van der Waals surface area (Å²) in [5.74, 6) is 1.52. The van der Waals surface area contributed by atoms with E-state index < -0.39 is 0 Å². The minimum Gasteiger partial charge on any atom is -0.370 e. The fourth-order valence-electron chi connectivity index (χ4n) is 1.38. The van der Waals surface area contributed by atoms with Crippen molar-refractivity contribution in [1.82, 2.24) is 15.0 Å². The first-order valence-electron chi connectivity index (χ1n) is 5.47. The van der Waals surface area contributed by atoms with Gasteiger partial charge in [-0.2, -0.15) is 0 Å². The van der Waals surface area contributed by atoms with Crippen molar-refractivity contribution in [3.63, 3.8) is 0 Å². The molecule has 2 aromatic heterocycles. The lowest BCUT2D eigenvalue weighted by atomic mass is 10.2. The van der Waals surface area contributed by atoms with Gasteiger partial charge in [-0.25, -0.2) is 9.97 Å². The fourth-order valence-corrected chi connectivity index (χ4v) is 1.75. The zero-order valence-corrected chi connectivity index (χ0v) is 11.1. The van der Waals surface area contributed by atoms with E-state index >= 15 is 0 Å². The van der Waals surface area contributed by atoms with Gasteiger partial charge >= 0.3 is 0 Å². The standard InChI is InChI=1S/C12H13BrN4/c1-2-4-15-11-3-5-16-12(17-11)9-6-10(13)8-14-7-9/h3,5-8H,2,4H2,1H3,(H,15,16,17). The highest BCUT2D eigenvalue weighted by molar-refractivity contribution is 9.10. The van der Waals surface area contributed by atoms with Gasteiger partial charge in [-0.1, -0.05) is 6.92 Å². The molecule has 2 heterocycles. The van der Waals surface area contributed by atoms with E-state index in [0.29, 0.717) is 5.82 Å². The first kappa shape index (κ1) is 12.0. The highest BCUT2D eigenvalue weighted by atomic mass is 79.9. The highest BCUT2D eigenvalue weighted by Crippen LogP contribution is 2.19. The van der Waals surface area contributed by atoms with E-state index in [1.165, 1.54) is 0 Å². The average molecular weight is 293 g/mol. The molecule has 0 aliphatic carbocycles. The Morgan fingerprint density at radius 1 is 1.35 bits per heavy atom. The Kier molecular flexibility index (Phi) is 4.03. The quantitative estimate of drug-likeness (QED) is 0.941. The second-order valence-electron chi connectivity index (χ2n) is 3.58. The third-order valence-electron chi connectivity index (χ3n) is 2.17. The smallest absolute Gasteiger partial charge is 0.163 e. The Morgan fingerprint density at radius 3 is 3.00 bits per heavy atom. The highest BCUT2D eigenvalue weighted by Gasteiger charge is 2.03. The predicted molar refractivity (Wildman–Crippen MR) is 71.7 cm³/mol. The number of halogens is 1. The number of rotatable bonds is 4. The van der Waals surface area contributed by atoms with Crippen LogP contribution in [0.2, 0.25) is 0 Å². The zero-order valence-electron chi connectivity index (χ0n) is 9.52. The number of pyridine rings is 1. The van der Waals surface area contributed by atoms with Crippen LogP contribution in [0.5, 0.6) is 0 Å². The van der Waals surface area contributed by atoms with Gasteiger partial charge in [0.15, 0.2) is 5.82 Å². The molecule has 2 rings (SSSR count). The molecule has 0 bridgehead atoms. The van der Waals surface area contributed by atoms with Crippen LogP contribution < -0.4 is 5.32 Å². The minimum absolute atomic E-state index is 0.680.